The van der Waals surface area contributed by atoms with Gasteiger partial charge < -0.3 is 10.3 Å². The summed E-state index contributed by atoms with van der Waals surface area (Å²) < 4.78 is 13.3. The van der Waals surface area contributed by atoms with Crippen molar-refractivity contribution >= 4 is 5.91 Å². The lowest BCUT2D eigenvalue weighted by molar-refractivity contribution is 0.0953. The van der Waals surface area contributed by atoms with E-state index in [0.29, 0.717) is 24.1 Å². The third-order valence-corrected chi connectivity index (χ3v) is 2.67. The highest BCUT2D eigenvalue weighted by Crippen LogP contribution is 2.08. The monoisotopic (exact) mass is 247 g/mol. The van der Waals surface area contributed by atoms with Gasteiger partial charge in [0.2, 0.25) is 0 Å². The maximum absolute atomic E-state index is 13.3. The zero-order valence-corrected chi connectivity index (χ0v) is 10.0. The lowest BCUT2D eigenvalue weighted by Gasteiger charge is -2.05. The maximum atomic E-state index is 13.3. The van der Waals surface area contributed by atoms with Crippen LogP contribution in [0, 0.1) is 12.7 Å². The minimum absolute atomic E-state index is 0.270. The summed E-state index contributed by atoms with van der Waals surface area (Å²) in [7, 11) is 0. The number of aryl methyl sites for hydroxylation is 1. The zero-order chi connectivity index (χ0) is 13.0. The number of carbonyl (C=O) groups is 1. The van der Waals surface area contributed by atoms with E-state index in [9.17, 15) is 9.18 Å². The van der Waals surface area contributed by atoms with Crippen molar-refractivity contribution in [2.45, 2.75) is 13.3 Å². The largest absolute Gasteiger partial charge is 0.352 e. The van der Waals surface area contributed by atoms with Crippen molar-refractivity contribution < 1.29 is 9.18 Å². The number of aromatic amines is 1. The van der Waals surface area contributed by atoms with Crippen LogP contribution >= 0.6 is 0 Å². The zero-order valence-electron chi connectivity index (χ0n) is 10.0. The number of benzene rings is 1. The second-order valence-corrected chi connectivity index (χ2v) is 4.05. The molecule has 0 bridgehead atoms. The van der Waals surface area contributed by atoms with Gasteiger partial charge in [-0.25, -0.2) is 9.37 Å². The van der Waals surface area contributed by atoms with E-state index < -0.39 is 0 Å². The number of H-pyrrole nitrogens is 1. The van der Waals surface area contributed by atoms with Gasteiger partial charge in [-0.3, -0.25) is 4.79 Å². The number of rotatable bonds is 4. The van der Waals surface area contributed by atoms with Crippen LogP contribution in [-0.4, -0.2) is 22.4 Å². The first-order valence-electron chi connectivity index (χ1n) is 5.68. The predicted octanol–water partition coefficient (Wildman–Crippen LogP) is 1.83. The molecule has 1 amide bonds. The third-order valence-electron chi connectivity index (χ3n) is 2.67. The second kappa shape index (κ2) is 5.44. The number of halogens is 1. The Bertz CT molecular complexity index is 537. The van der Waals surface area contributed by atoms with Gasteiger partial charge in [-0.15, -0.1) is 0 Å². The van der Waals surface area contributed by atoms with Crippen LogP contribution < -0.4 is 5.32 Å². The van der Waals surface area contributed by atoms with Gasteiger partial charge in [-0.2, -0.15) is 0 Å². The molecule has 5 heteroatoms. The molecule has 0 aliphatic rings. The van der Waals surface area contributed by atoms with E-state index in [0.717, 1.165) is 5.69 Å². The maximum Gasteiger partial charge on any atom is 0.251 e. The third kappa shape index (κ3) is 2.94. The summed E-state index contributed by atoms with van der Waals surface area (Å²) in [6, 6.07) is 4.46. The van der Waals surface area contributed by atoms with E-state index in [1.165, 1.54) is 6.07 Å². The second-order valence-electron chi connectivity index (χ2n) is 4.05. The molecular weight excluding hydrogens is 233 g/mol. The Morgan fingerprint density at radius 2 is 2.33 bits per heavy atom. The van der Waals surface area contributed by atoms with Gasteiger partial charge in [0, 0.05) is 30.4 Å². The molecule has 1 aromatic carbocycles. The summed E-state index contributed by atoms with van der Waals surface area (Å²) >= 11 is 0. The Morgan fingerprint density at radius 1 is 1.50 bits per heavy atom. The molecule has 0 atom stereocenters. The topological polar surface area (TPSA) is 57.8 Å². The summed E-state index contributed by atoms with van der Waals surface area (Å²) in [5, 5.41) is 2.73. The van der Waals surface area contributed by atoms with E-state index in [-0.39, 0.29) is 11.7 Å². The number of nitrogens with zero attached hydrogens (tertiary/aromatic N) is 1. The van der Waals surface area contributed by atoms with Gasteiger partial charge >= 0.3 is 0 Å². The fourth-order valence-electron chi connectivity index (χ4n) is 1.57. The van der Waals surface area contributed by atoms with E-state index >= 15 is 0 Å². The first-order chi connectivity index (χ1) is 8.66. The molecule has 0 saturated heterocycles. The highest BCUT2D eigenvalue weighted by Gasteiger charge is 2.07. The van der Waals surface area contributed by atoms with Crippen LogP contribution in [-0.2, 0) is 6.42 Å². The van der Waals surface area contributed by atoms with Gasteiger partial charge in [-0.05, 0) is 24.6 Å². The molecule has 94 valence electrons. The average Bonchev–Trinajstić information content (AvgIpc) is 2.85. The standard InChI is InChI=1S/C13H14FN3O/c1-9-2-3-10(6-12(9)14)13(18)16-5-4-11-7-15-8-17-11/h2-3,6-8H,4-5H2,1H3,(H,15,17)(H,16,18). The number of carbonyl (C=O) groups excluding carboxylic acids is 1. The van der Waals surface area contributed by atoms with Crippen molar-refractivity contribution in [3.63, 3.8) is 0 Å². The average molecular weight is 247 g/mol. The van der Waals surface area contributed by atoms with Crippen molar-refractivity contribution in [3.05, 3.63) is 53.4 Å². The Hall–Kier alpha value is -2.17. The van der Waals surface area contributed by atoms with Gasteiger partial charge in [-0.1, -0.05) is 6.07 Å². The number of hydrogen-bond donors (Lipinski definition) is 2. The van der Waals surface area contributed by atoms with Gasteiger partial charge in [0.25, 0.3) is 5.91 Å². The Kier molecular flexibility index (Phi) is 3.72. The Morgan fingerprint density at radius 3 is 3.00 bits per heavy atom. The van der Waals surface area contributed by atoms with Gasteiger partial charge in [0.05, 0.1) is 6.33 Å². The molecule has 0 spiro atoms. The van der Waals surface area contributed by atoms with Crippen LogP contribution in [0.2, 0.25) is 0 Å². The van der Waals surface area contributed by atoms with Crippen LogP contribution in [0.25, 0.3) is 0 Å². The smallest absolute Gasteiger partial charge is 0.251 e. The molecule has 1 aromatic heterocycles. The Balaban J connectivity index is 1.89. The predicted molar refractivity (Wildman–Crippen MR) is 65.8 cm³/mol. The number of imidazole rings is 1. The first kappa shape index (κ1) is 12.3. The first-order valence-corrected chi connectivity index (χ1v) is 5.68. The highest BCUT2D eigenvalue weighted by atomic mass is 19.1. The molecule has 1 heterocycles. The van der Waals surface area contributed by atoms with Crippen LogP contribution in [0.1, 0.15) is 21.6 Å². The molecule has 0 aliphatic heterocycles. The van der Waals surface area contributed by atoms with Crippen LogP contribution in [0.4, 0.5) is 4.39 Å². The quantitative estimate of drug-likeness (QED) is 0.866. The molecule has 0 fully saturated rings. The Labute approximate surface area is 104 Å². The highest BCUT2D eigenvalue weighted by molar-refractivity contribution is 5.94. The lowest BCUT2D eigenvalue weighted by Crippen LogP contribution is -2.25. The van der Waals surface area contributed by atoms with E-state index in [1.54, 1.807) is 31.6 Å². The SMILES string of the molecule is Cc1ccc(C(=O)NCCc2cnc[nH]2)cc1F. The van der Waals surface area contributed by atoms with Crippen LogP contribution in [0.15, 0.2) is 30.7 Å². The van der Waals surface area contributed by atoms with E-state index in [2.05, 4.69) is 15.3 Å². The van der Waals surface area contributed by atoms with E-state index in [4.69, 9.17) is 0 Å². The molecule has 0 aliphatic carbocycles. The number of nitrogens with one attached hydrogen (secondary N) is 2. The number of hydrogen-bond acceptors (Lipinski definition) is 2. The van der Waals surface area contributed by atoms with Crippen LogP contribution in [0.3, 0.4) is 0 Å². The van der Waals surface area contributed by atoms with Crippen molar-refractivity contribution in [2.75, 3.05) is 6.54 Å². The summed E-state index contributed by atoms with van der Waals surface area (Å²) in [6.45, 7) is 2.14. The molecule has 0 saturated carbocycles. The summed E-state index contributed by atoms with van der Waals surface area (Å²) in [5.74, 6) is -0.635. The molecule has 4 nitrogen and oxygen atoms in total. The fourth-order valence-corrected chi connectivity index (χ4v) is 1.57. The van der Waals surface area contributed by atoms with Gasteiger partial charge in [0.15, 0.2) is 0 Å². The molecule has 2 rings (SSSR count). The molecule has 0 radical (unpaired) electrons. The van der Waals surface area contributed by atoms with Gasteiger partial charge in [0.1, 0.15) is 5.82 Å². The van der Waals surface area contributed by atoms with Crippen LogP contribution in [0.5, 0.6) is 0 Å². The molecule has 18 heavy (non-hydrogen) atoms. The minimum atomic E-state index is -0.365. The molecular formula is C13H14FN3O. The number of amides is 1. The van der Waals surface area contributed by atoms with Crippen molar-refractivity contribution in [1.82, 2.24) is 15.3 Å². The van der Waals surface area contributed by atoms with Crippen molar-refractivity contribution in [2.24, 2.45) is 0 Å². The van der Waals surface area contributed by atoms with E-state index in [1.807, 2.05) is 0 Å². The summed E-state index contributed by atoms with van der Waals surface area (Å²) in [5.41, 5.74) is 1.82. The summed E-state index contributed by atoms with van der Waals surface area (Å²) in [4.78, 5) is 18.6. The minimum Gasteiger partial charge on any atom is -0.352 e. The normalized spacial score (nSPS) is 10.3. The molecule has 0 unspecified atom stereocenters. The fraction of sp³-hybridized carbons (Fsp3) is 0.231. The summed E-state index contributed by atoms with van der Waals surface area (Å²) in [6.07, 6.45) is 3.96. The van der Waals surface area contributed by atoms with Crippen molar-refractivity contribution in [3.8, 4) is 0 Å². The molecule has 2 N–H and O–H groups in total. The molecule has 2 aromatic rings. The van der Waals surface area contributed by atoms with Crippen molar-refractivity contribution in [1.29, 1.82) is 0 Å². The number of aromatic nitrogens is 2. The lowest BCUT2D eigenvalue weighted by atomic mass is 10.1.